The smallest absolute Gasteiger partial charge is 0.155 e. The van der Waals surface area contributed by atoms with E-state index in [4.69, 9.17) is 10.9 Å². The Kier molecular flexibility index (Phi) is 5.59. The topological polar surface area (TPSA) is 61.8 Å². The number of oxime groups is 1. The molecule has 0 spiro atoms. The molecule has 4 nitrogen and oxygen atoms in total. The molecule has 0 aromatic carbocycles. The molecule has 1 atom stereocenters. The molecule has 1 rings (SSSR count). The highest BCUT2D eigenvalue weighted by molar-refractivity contribution is 8.00. The average molecular weight is 259 g/mol. The maximum absolute atomic E-state index is 8.88. The van der Waals surface area contributed by atoms with Crippen LogP contribution in [0, 0.1) is 0 Å². The molecule has 0 aliphatic carbocycles. The number of nitrogens with zero attached hydrogens (tertiary/aromatic N) is 2. The molecular weight excluding hydrogens is 234 g/mol. The van der Waals surface area contributed by atoms with Crippen LogP contribution in [0.1, 0.15) is 39.5 Å². The van der Waals surface area contributed by atoms with E-state index >= 15 is 0 Å². The first-order valence-electron chi connectivity index (χ1n) is 6.37. The number of rotatable bonds is 5. The molecule has 1 aliphatic heterocycles. The largest absolute Gasteiger partial charge is 0.409 e. The maximum atomic E-state index is 8.88. The summed E-state index contributed by atoms with van der Waals surface area (Å²) in [7, 11) is 0. The first-order valence-corrected chi connectivity index (χ1v) is 7.59. The number of piperidine rings is 1. The van der Waals surface area contributed by atoms with Gasteiger partial charge in [0, 0.05) is 19.1 Å². The molecule has 17 heavy (non-hydrogen) atoms. The molecule has 1 saturated heterocycles. The van der Waals surface area contributed by atoms with Crippen LogP contribution in [0.2, 0.25) is 0 Å². The number of hydrogen-bond acceptors (Lipinski definition) is 4. The van der Waals surface area contributed by atoms with Crippen LogP contribution in [0.3, 0.4) is 0 Å². The number of amidine groups is 1. The molecule has 0 saturated carbocycles. The highest BCUT2D eigenvalue weighted by Gasteiger charge is 2.38. The van der Waals surface area contributed by atoms with Crippen LogP contribution in [-0.4, -0.2) is 46.1 Å². The van der Waals surface area contributed by atoms with Crippen molar-refractivity contribution in [2.45, 2.75) is 50.3 Å². The second kappa shape index (κ2) is 6.50. The Labute approximate surface area is 109 Å². The third-order valence-corrected chi connectivity index (χ3v) is 5.30. The lowest BCUT2D eigenvalue weighted by Crippen LogP contribution is -2.52. The van der Waals surface area contributed by atoms with E-state index in [-0.39, 0.29) is 4.75 Å². The van der Waals surface area contributed by atoms with Crippen molar-refractivity contribution in [3.63, 3.8) is 0 Å². The van der Waals surface area contributed by atoms with E-state index in [0.717, 1.165) is 25.9 Å². The fourth-order valence-corrected chi connectivity index (χ4v) is 3.42. The Morgan fingerprint density at radius 3 is 2.53 bits per heavy atom. The highest BCUT2D eigenvalue weighted by Crippen LogP contribution is 2.35. The van der Waals surface area contributed by atoms with Gasteiger partial charge in [-0.1, -0.05) is 18.5 Å². The summed E-state index contributed by atoms with van der Waals surface area (Å²) in [4.78, 5) is 2.52. The minimum Gasteiger partial charge on any atom is -0.409 e. The second-order valence-electron chi connectivity index (χ2n) is 4.86. The lowest BCUT2D eigenvalue weighted by molar-refractivity contribution is 0.158. The molecule has 0 amide bonds. The number of hydrogen-bond donors (Lipinski definition) is 2. The van der Waals surface area contributed by atoms with Gasteiger partial charge in [-0.3, -0.25) is 0 Å². The van der Waals surface area contributed by atoms with E-state index in [1.807, 2.05) is 6.26 Å². The zero-order valence-corrected chi connectivity index (χ0v) is 12.0. The van der Waals surface area contributed by atoms with Crippen molar-refractivity contribution in [3.05, 3.63) is 0 Å². The lowest BCUT2D eigenvalue weighted by Gasteiger charge is -2.42. The van der Waals surface area contributed by atoms with Gasteiger partial charge in [0.1, 0.15) is 0 Å². The van der Waals surface area contributed by atoms with Crippen LogP contribution < -0.4 is 5.73 Å². The zero-order chi connectivity index (χ0) is 12.9. The van der Waals surface area contributed by atoms with E-state index in [9.17, 15) is 0 Å². The average Bonchev–Trinajstić information content (AvgIpc) is 2.38. The Bertz CT molecular complexity index is 262. The Hall–Kier alpha value is -0.420. The van der Waals surface area contributed by atoms with Gasteiger partial charge in [-0.05, 0) is 32.4 Å². The van der Waals surface area contributed by atoms with Crippen LogP contribution in [0.15, 0.2) is 5.16 Å². The van der Waals surface area contributed by atoms with Crippen LogP contribution >= 0.6 is 11.8 Å². The number of thioether (sulfide) groups is 1. The van der Waals surface area contributed by atoms with E-state index < -0.39 is 0 Å². The van der Waals surface area contributed by atoms with Crippen molar-refractivity contribution in [1.82, 2.24) is 4.90 Å². The predicted molar refractivity (Wildman–Crippen MR) is 74.8 cm³/mol. The van der Waals surface area contributed by atoms with Crippen molar-refractivity contribution >= 4 is 17.6 Å². The van der Waals surface area contributed by atoms with Gasteiger partial charge < -0.3 is 15.8 Å². The molecule has 100 valence electrons. The molecule has 3 N–H and O–H groups in total. The minimum absolute atomic E-state index is 0.156. The van der Waals surface area contributed by atoms with Gasteiger partial charge >= 0.3 is 0 Å². The first-order chi connectivity index (χ1) is 8.09. The molecule has 0 radical (unpaired) electrons. The summed E-state index contributed by atoms with van der Waals surface area (Å²) in [6.07, 6.45) is 6.46. The molecular formula is C12H25N3OS. The van der Waals surface area contributed by atoms with Crippen molar-refractivity contribution in [2.75, 3.05) is 19.3 Å². The summed E-state index contributed by atoms with van der Waals surface area (Å²) in [5.41, 5.74) is 5.83. The molecule has 0 aromatic rings. The summed E-state index contributed by atoms with van der Waals surface area (Å²) in [6.45, 7) is 6.60. The lowest BCUT2D eigenvalue weighted by atomic mass is 9.93. The van der Waals surface area contributed by atoms with Gasteiger partial charge in [0.25, 0.3) is 0 Å². The normalized spacial score (nSPS) is 23.6. The van der Waals surface area contributed by atoms with Crippen LogP contribution in [0.5, 0.6) is 0 Å². The van der Waals surface area contributed by atoms with Crippen molar-refractivity contribution in [1.29, 1.82) is 0 Å². The van der Waals surface area contributed by atoms with Crippen LogP contribution in [-0.2, 0) is 0 Å². The van der Waals surface area contributed by atoms with Crippen molar-refractivity contribution in [2.24, 2.45) is 10.9 Å². The zero-order valence-electron chi connectivity index (χ0n) is 11.1. The molecule has 1 fully saturated rings. The Morgan fingerprint density at radius 2 is 2.12 bits per heavy atom. The fourth-order valence-electron chi connectivity index (χ4n) is 2.58. The monoisotopic (exact) mass is 259 g/mol. The molecule has 1 heterocycles. The van der Waals surface area contributed by atoms with E-state index in [1.165, 1.54) is 12.8 Å². The van der Waals surface area contributed by atoms with Gasteiger partial charge in [0.05, 0.1) is 4.75 Å². The maximum Gasteiger partial charge on any atom is 0.155 e. The Morgan fingerprint density at radius 1 is 1.53 bits per heavy atom. The van der Waals surface area contributed by atoms with E-state index in [0.29, 0.717) is 11.9 Å². The van der Waals surface area contributed by atoms with Crippen molar-refractivity contribution < 1.29 is 5.21 Å². The Balaban J connectivity index is 2.59. The van der Waals surface area contributed by atoms with E-state index in [2.05, 4.69) is 23.9 Å². The molecule has 1 unspecified atom stereocenters. The standard InChI is InChI=1S/C12H25N3OS/c1-4-5-10(2)15-8-6-12(17-3,7-9-15)11(13)14-16/h10,16H,4-9H2,1-3H3,(H2,13,14). The van der Waals surface area contributed by atoms with Crippen LogP contribution in [0.25, 0.3) is 0 Å². The van der Waals surface area contributed by atoms with Crippen molar-refractivity contribution in [3.8, 4) is 0 Å². The molecule has 0 aromatic heterocycles. The number of likely N-dealkylation sites (tertiary alicyclic amines) is 1. The summed E-state index contributed by atoms with van der Waals surface area (Å²) in [6, 6.07) is 0.646. The van der Waals surface area contributed by atoms with Gasteiger partial charge in [-0.15, -0.1) is 0 Å². The van der Waals surface area contributed by atoms with Gasteiger partial charge in [0.15, 0.2) is 5.84 Å². The van der Waals surface area contributed by atoms with Gasteiger partial charge in [-0.2, -0.15) is 11.8 Å². The molecule has 1 aliphatic rings. The van der Waals surface area contributed by atoms with Gasteiger partial charge in [0.2, 0.25) is 0 Å². The van der Waals surface area contributed by atoms with E-state index in [1.54, 1.807) is 11.8 Å². The SMILES string of the molecule is CCCC(C)N1CCC(SC)(C(N)=NO)CC1. The summed E-state index contributed by atoms with van der Waals surface area (Å²) in [5.74, 6) is 0.382. The highest BCUT2D eigenvalue weighted by atomic mass is 32.2. The third kappa shape index (κ3) is 3.28. The predicted octanol–water partition coefficient (Wildman–Crippen LogP) is 2.12. The number of nitrogens with two attached hydrogens (primary N) is 1. The first kappa shape index (κ1) is 14.6. The summed E-state index contributed by atoms with van der Waals surface area (Å²) < 4.78 is -0.156. The van der Waals surface area contributed by atoms with Crippen LogP contribution in [0.4, 0.5) is 0 Å². The van der Waals surface area contributed by atoms with Gasteiger partial charge in [-0.25, -0.2) is 0 Å². The summed E-state index contributed by atoms with van der Waals surface area (Å²) in [5, 5.41) is 12.1. The summed E-state index contributed by atoms with van der Waals surface area (Å²) >= 11 is 1.71. The minimum atomic E-state index is -0.156. The second-order valence-corrected chi connectivity index (χ2v) is 6.05. The quantitative estimate of drug-likeness (QED) is 0.343. The third-order valence-electron chi connectivity index (χ3n) is 3.90. The fraction of sp³-hybridized carbons (Fsp3) is 0.917. The molecule has 0 bridgehead atoms. The molecule has 5 heteroatoms.